The van der Waals surface area contributed by atoms with Crippen LogP contribution in [0, 0.1) is 0 Å². The van der Waals surface area contributed by atoms with Gasteiger partial charge in [0.2, 0.25) is 0 Å². The van der Waals surface area contributed by atoms with Gasteiger partial charge in [0.05, 0.1) is 18.0 Å². The fourth-order valence-corrected chi connectivity index (χ4v) is 2.88. The molecule has 0 spiro atoms. The minimum Gasteiger partial charge on any atom is -0.397 e. The first-order valence-corrected chi connectivity index (χ1v) is 9.53. The van der Waals surface area contributed by atoms with Gasteiger partial charge in [-0.2, -0.15) is 0 Å². The maximum absolute atomic E-state index is 12.5. The number of carbonyl (C=O) groups excluding carboxylic acids is 2. The second kappa shape index (κ2) is 10.1. The Kier molecular flexibility index (Phi) is 7.02. The van der Waals surface area contributed by atoms with Crippen LogP contribution in [0.15, 0.2) is 78.9 Å². The Bertz CT molecular complexity index is 991. The summed E-state index contributed by atoms with van der Waals surface area (Å²) in [6, 6.07) is 22.8. The molecule has 0 aliphatic heterocycles. The summed E-state index contributed by atoms with van der Waals surface area (Å²) in [5.74, 6) is -0.270. The molecule has 0 unspecified atom stereocenters. The molecule has 0 aliphatic rings. The Labute approximate surface area is 175 Å². The van der Waals surface area contributed by atoms with Gasteiger partial charge in [-0.25, -0.2) is 4.79 Å². The van der Waals surface area contributed by atoms with Crippen LogP contribution in [0.4, 0.5) is 21.9 Å². The number of nitrogens with one attached hydrogen (secondary N) is 2. The predicted molar refractivity (Wildman–Crippen MR) is 118 cm³/mol. The van der Waals surface area contributed by atoms with Crippen molar-refractivity contribution >= 4 is 29.0 Å². The number of nitrogens with two attached hydrogens (primary N) is 1. The van der Waals surface area contributed by atoms with Gasteiger partial charge < -0.3 is 26.4 Å². The number of aliphatic hydroxyl groups is 1. The standard InChI is InChI=1S/C23H24N4O3/c24-20-8-4-5-9-21(20)26-22(29)18-12-10-17(11-13-18)16-27(14-15-28)23(30)25-19-6-2-1-3-7-19/h1-13,28H,14-16,24H2,(H,25,30)(H,26,29). The Morgan fingerprint density at radius 3 is 2.20 bits per heavy atom. The molecular weight excluding hydrogens is 380 g/mol. The topological polar surface area (TPSA) is 108 Å². The van der Waals surface area contributed by atoms with E-state index in [1.54, 1.807) is 60.7 Å². The molecule has 3 rings (SSSR count). The molecule has 0 aliphatic carbocycles. The van der Waals surface area contributed by atoms with Crippen LogP contribution >= 0.6 is 0 Å². The van der Waals surface area contributed by atoms with Gasteiger partial charge in [0.15, 0.2) is 0 Å². The first-order valence-electron chi connectivity index (χ1n) is 9.53. The molecule has 3 aromatic carbocycles. The van der Waals surface area contributed by atoms with Crippen LogP contribution in [-0.4, -0.2) is 35.1 Å². The third-order valence-electron chi connectivity index (χ3n) is 4.48. The summed E-state index contributed by atoms with van der Waals surface area (Å²) in [5, 5.41) is 14.9. The van der Waals surface area contributed by atoms with Crippen molar-refractivity contribution in [3.63, 3.8) is 0 Å². The third kappa shape index (κ3) is 5.59. The fourth-order valence-electron chi connectivity index (χ4n) is 2.88. The smallest absolute Gasteiger partial charge is 0.322 e. The minimum atomic E-state index is -0.309. The van der Waals surface area contributed by atoms with Crippen molar-refractivity contribution < 1.29 is 14.7 Å². The van der Waals surface area contributed by atoms with Crippen LogP contribution < -0.4 is 16.4 Å². The SMILES string of the molecule is Nc1ccccc1NC(=O)c1ccc(CN(CCO)C(=O)Nc2ccccc2)cc1. The van der Waals surface area contributed by atoms with Crippen molar-refractivity contribution in [3.05, 3.63) is 90.0 Å². The zero-order valence-electron chi connectivity index (χ0n) is 16.4. The quantitative estimate of drug-likeness (QED) is 0.452. The van der Waals surface area contributed by atoms with E-state index in [0.717, 1.165) is 5.56 Å². The number of urea groups is 1. The van der Waals surface area contributed by atoms with E-state index in [1.165, 1.54) is 4.90 Å². The minimum absolute atomic E-state index is 0.152. The lowest BCUT2D eigenvalue weighted by atomic mass is 10.1. The van der Waals surface area contributed by atoms with Gasteiger partial charge in [0.1, 0.15) is 0 Å². The summed E-state index contributed by atoms with van der Waals surface area (Å²) >= 11 is 0. The van der Waals surface area contributed by atoms with Gasteiger partial charge in [0.25, 0.3) is 5.91 Å². The Hall–Kier alpha value is -3.84. The molecule has 0 heterocycles. The van der Waals surface area contributed by atoms with Gasteiger partial charge in [-0.3, -0.25) is 4.79 Å². The molecule has 7 heteroatoms. The maximum atomic E-state index is 12.5. The van der Waals surface area contributed by atoms with Gasteiger partial charge >= 0.3 is 6.03 Å². The fraction of sp³-hybridized carbons (Fsp3) is 0.130. The zero-order valence-corrected chi connectivity index (χ0v) is 16.4. The Morgan fingerprint density at radius 2 is 1.53 bits per heavy atom. The molecule has 0 atom stereocenters. The number of aliphatic hydroxyl groups excluding tert-OH is 1. The summed E-state index contributed by atoms with van der Waals surface area (Å²) < 4.78 is 0. The second-order valence-electron chi connectivity index (χ2n) is 6.68. The van der Waals surface area contributed by atoms with Gasteiger partial charge in [-0.05, 0) is 42.0 Å². The van der Waals surface area contributed by atoms with Crippen LogP contribution in [0.5, 0.6) is 0 Å². The molecule has 30 heavy (non-hydrogen) atoms. The second-order valence-corrected chi connectivity index (χ2v) is 6.68. The van der Waals surface area contributed by atoms with Crippen molar-refractivity contribution in [2.45, 2.75) is 6.54 Å². The van der Waals surface area contributed by atoms with Crippen LogP contribution in [0.3, 0.4) is 0 Å². The van der Waals surface area contributed by atoms with Crippen molar-refractivity contribution in [1.29, 1.82) is 0 Å². The number of anilines is 3. The van der Waals surface area contributed by atoms with Crippen LogP contribution in [0.25, 0.3) is 0 Å². The van der Waals surface area contributed by atoms with Gasteiger partial charge in [-0.15, -0.1) is 0 Å². The van der Waals surface area contributed by atoms with E-state index in [1.807, 2.05) is 18.2 Å². The van der Waals surface area contributed by atoms with Gasteiger partial charge in [-0.1, -0.05) is 42.5 Å². The number of carbonyl (C=O) groups is 2. The largest absolute Gasteiger partial charge is 0.397 e. The lowest BCUT2D eigenvalue weighted by Gasteiger charge is -2.22. The summed E-state index contributed by atoms with van der Waals surface area (Å²) in [5.41, 5.74) is 8.90. The summed E-state index contributed by atoms with van der Waals surface area (Å²) in [6.07, 6.45) is 0. The average Bonchev–Trinajstić information content (AvgIpc) is 2.76. The lowest BCUT2D eigenvalue weighted by molar-refractivity contribution is 0.102. The van der Waals surface area contributed by atoms with Crippen LogP contribution in [0.1, 0.15) is 15.9 Å². The monoisotopic (exact) mass is 404 g/mol. The average molecular weight is 404 g/mol. The molecule has 0 saturated carbocycles. The highest BCUT2D eigenvalue weighted by molar-refractivity contribution is 6.05. The molecule has 154 valence electrons. The normalized spacial score (nSPS) is 10.3. The number of amides is 3. The molecule has 3 aromatic rings. The van der Waals surface area contributed by atoms with E-state index in [-0.39, 0.29) is 25.1 Å². The molecule has 0 radical (unpaired) electrons. The molecule has 7 nitrogen and oxygen atoms in total. The van der Waals surface area contributed by atoms with Crippen LogP contribution in [-0.2, 0) is 6.54 Å². The number of hydrogen-bond donors (Lipinski definition) is 4. The Morgan fingerprint density at radius 1 is 0.867 bits per heavy atom. The lowest BCUT2D eigenvalue weighted by Crippen LogP contribution is -2.36. The molecule has 0 fully saturated rings. The zero-order chi connectivity index (χ0) is 21.3. The number of hydrogen-bond acceptors (Lipinski definition) is 4. The van der Waals surface area contributed by atoms with E-state index >= 15 is 0 Å². The Balaban J connectivity index is 1.64. The molecule has 5 N–H and O–H groups in total. The summed E-state index contributed by atoms with van der Waals surface area (Å²) in [6.45, 7) is 0.335. The van der Waals surface area contributed by atoms with E-state index < -0.39 is 0 Å². The first-order chi connectivity index (χ1) is 14.6. The van der Waals surface area contributed by atoms with E-state index in [4.69, 9.17) is 5.73 Å². The molecule has 3 amide bonds. The van der Waals surface area contributed by atoms with Crippen molar-refractivity contribution in [1.82, 2.24) is 4.90 Å². The highest BCUT2D eigenvalue weighted by Gasteiger charge is 2.14. The molecular formula is C23H24N4O3. The maximum Gasteiger partial charge on any atom is 0.322 e. The predicted octanol–water partition coefficient (Wildman–Crippen LogP) is 3.55. The highest BCUT2D eigenvalue weighted by Crippen LogP contribution is 2.18. The van der Waals surface area contributed by atoms with E-state index in [2.05, 4.69) is 10.6 Å². The number of para-hydroxylation sites is 3. The van der Waals surface area contributed by atoms with E-state index in [9.17, 15) is 14.7 Å². The van der Waals surface area contributed by atoms with Crippen molar-refractivity contribution in [3.8, 4) is 0 Å². The highest BCUT2D eigenvalue weighted by atomic mass is 16.3. The molecule has 0 aromatic heterocycles. The molecule has 0 saturated heterocycles. The number of nitrogens with zero attached hydrogens (tertiary/aromatic N) is 1. The first kappa shape index (κ1) is 20.9. The van der Waals surface area contributed by atoms with Gasteiger partial charge in [0, 0.05) is 24.3 Å². The van der Waals surface area contributed by atoms with Crippen molar-refractivity contribution in [2.24, 2.45) is 0 Å². The van der Waals surface area contributed by atoms with Crippen LogP contribution in [0.2, 0.25) is 0 Å². The number of benzene rings is 3. The number of nitrogen functional groups attached to an aromatic ring is 1. The molecule has 0 bridgehead atoms. The third-order valence-corrected chi connectivity index (χ3v) is 4.48. The van der Waals surface area contributed by atoms with E-state index in [0.29, 0.717) is 29.2 Å². The van der Waals surface area contributed by atoms with Crippen molar-refractivity contribution in [2.75, 3.05) is 29.5 Å². The summed E-state index contributed by atoms with van der Waals surface area (Å²) in [7, 11) is 0. The number of rotatable bonds is 7. The summed E-state index contributed by atoms with van der Waals surface area (Å²) in [4.78, 5) is 26.5.